The topological polar surface area (TPSA) is 59.8 Å². The van der Waals surface area contributed by atoms with Crippen LogP contribution in [0.3, 0.4) is 0 Å². The molecule has 1 amide bonds. The summed E-state index contributed by atoms with van der Waals surface area (Å²) in [4.78, 5) is 11.9. The zero-order valence-corrected chi connectivity index (χ0v) is 13.0. The van der Waals surface area contributed by atoms with E-state index in [9.17, 15) is 4.79 Å². The van der Waals surface area contributed by atoms with Gasteiger partial charge in [-0.1, -0.05) is 29.4 Å². The zero-order valence-electron chi connectivity index (χ0n) is 11.5. The van der Waals surface area contributed by atoms with Crippen molar-refractivity contribution in [3.63, 3.8) is 0 Å². The Balaban J connectivity index is 1.96. The Labute approximate surface area is 126 Å². The Morgan fingerprint density at radius 3 is 2.80 bits per heavy atom. The molecule has 0 spiro atoms. The smallest absolute Gasteiger partial charge is 0.234 e. The number of carbonyl (C=O) groups is 1. The third kappa shape index (κ3) is 3.52. The number of amides is 1. The van der Waals surface area contributed by atoms with E-state index in [1.165, 1.54) is 11.8 Å². The van der Waals surface area contributed by atoms with Crippen LogP contribution in [-0.4, -0.2) is 26.4 Å². The molecule has 0 aliphatic carbocycles. The van der Waals surface area contributed by atoms with Crippen LogP contribution in [0.4, 0.5) is 5.69 Å². The second-order valence-corrected chi connectivity index (χ2v) is 5.76. The summed E-state index contributed by atoms with van der Waals surface area (Å²) in [5, 5.41) is 12.0. The van der Waals surface area contributed by atoms with Crippen LogP contribution in [0.15, 0.2) is 23.4 Å². The number of nitrogens with zero attached hydrogens (tertiary/aromatic N) is 3. The monoisotopic (exact) mass is 310 g/mol. The second kappa shape index (κ2) is 6.28. The molecule has 1 aromatic heterocycles. The molecule has 5 nitrogen and oxygen atoms in total. The minimum Gasteiger partial charge on any atom is -0.324 e. The molecule has 1 heterocycles. The van der Waals surface area contributed by atoms with Crippen molar-refractivity contribution in [3.8, 4) is 0 Å². The summed E-state index contributed by atoms with van der Waals surface area (Å²) in [5.41, 5.74) is 1.67. The van der Waals surface area contributed by atoms with Crippen LogP contribution in [0.1, 0.15) is 11.4 Å². The van der Waals surface area contributed by atoms with Gasteiger partial charge in [0.1, 0.15) is 5.82 Å². The number of aryl methyl sites for hydroxylation is 2. The third-order valence-electron chi connectivity index (χ3n) is 2.78. The Morgan fingerprint density at radius 1 is 1.40 bits per heavy atom. The third-order valence-corrected chi connectivity index (χ3v) is 4.13. The molecule has 0 bridgehead atoms. The summed E-state index contributed by atoms with van der Waals surface area (Å²) in [6.07, 6.45) is 0. The number of thioether (sulfide) groups is 1. The van der Waals surface area contributed by atoms with Gasteiger partial charge in [0.2, 0.25) is 5.91 Å². The van der Waals surface area contributed by atoms with Gasteiger partial charge in [0.05, 0.1) is 16.5 Å². The maximum atomic E-state index is 11.9. The van der Waals surface area contributed by atoms with E-state index in [4.69, 9.17) is 11.6 Å². The van der Waals surface area contributed by atoms with Gasteiger partial charge < -0.3 is 9.88 Å². The predicted molar refractivity (Wildman–Crippen MR) is 81.3 cm³/mol. The summed E-state index contributed by atoms with van der Waals surface area (Å²) in [6.45, 7) is 3.81. The molecule has 2 aromatic rings. The van der Waals surface area contributed by atoms with Crippen LogP contribution < -0.4 is 5.32 Å². The molecule has 0 saturated heterocycles. The molecule has 2 rings (SSSR count). The van der Waals surface area contributed by atoms with Crippen LogP contribution in [0.5, 0.6) is 0 Å². The lowest BCUT2D eigenvalue weighted by atomic mass is 10.2. The molecule has 20 heavy (non-hydrogen) atoms. The highest BCUT2D eigenvalue weighted by Crippen LogP contribution is 2.23. The Bertz CT molecular complexity index is 641. The van der Waals surface area contributed by atoms with Gasteiger partial charge in [-0.2, -0.15) is 0 Å². The molecule has 0 fully saturated rings. The summed E-state index contributed by atoms with van der Waals surface area (Å²) in [7, 11) is 1.87. The molecular formula is C13H15ClN4OS. The quantitative estimate of drug-likeness (QED) is 0.882. The van der Waals surface area contributed by atoms with Gasteiger partial charge in [-0.15, -0.1) is 10.2 Å². The van der Waals surface area contributed by atoms with E-state index in [0.29, 0.717) is 15.9 Å². The fourth-order valence-electron chi connectivity index (χ4n) is 1.56. The lowest BCUT2D eigenvalue weighted by Gasteiger charge is -2.08. The first kappa shape index (κ1) is 14.9. The molecule has 0 radical (unpaired) electrons. The average molecular weight is 311 g/mol. The van der Waals surface area contributed by atoms with Crippen LogP contribution in [-0.2, 0) is 11.8 Å². The number of aromatic nitrogens is 3. The second-order valence-electron chi connectivity index (χ2n) is 4.41. The van der Waals surface area contributed by atoms with E-state index >= 15 is 0 Å². The molecular weight excluding hydrogens is 296 g/mol. The molecule has 0 unspecified atom stereocenters. The maximum absolute atomic E-state index is 11.9. The first-order valence-corrected chi connectivity index (χ1v) is 7.38. The molecule has 0 saturated carbocycles. The van der Waals surface area contributed by atoms with Gasteiger partial charge in [-0.05, 0) is 31.5 Å². The molecule has 7 heteroatoms. The Hall–Kier alpha value is -1.53. The van der Waals surface area contributed by atoms with E-state index in [-0.39, 0.29) is 11.7 Å². The van der Waals surface area contributed by atoms with E-state index in [0.717, 1.165) is 11.4 Å². The van der Waals surface area contributed by atoms with Crippen molar-refractivity contribution in [2.24, 2.45) is 7.05 Å². The largest absolute Gasteiger partial charge is 0.324 e. The van der Waals surface area contributed by atoms with Crippen LogP contribution in [0.25, 0.3) is 0 Å². The first-order valence-electron chi connectivity index (χ1n) is 6.02. The fraction of sp³-hybridized carbons (Fsp3) is 0.308. The summed E-state index contributed by atoms with van der Waals surface area (Å²) in [5.74, 6) is 0.953. The fourth-order valence-corrected chi connectivity index (χ4v) is 2.49. The minimum absolute atomic E-state index is 0.122. The van der Waals surface area contributed by atoms with Gasteiger partial charge in [0, 0.05) is 7.05 Å². The van der Waals surface area contributed by atoms with E-state index in [1.54, 1.807) is 6.07 Å². The summed E-state index contributed by atoms with van der Waals surface area (Å²) < 4.78 is 1.84. The minimum atomic E-state index is -0.122. The molecule has 106 valence electrons. The van der Waals surface area contributed by atoms with Gasteiger partial charge in [-0.3, -0.25) is 4.79 Å². The molecule has 0 atom stereocenters. The van der Waals surface area contributed by atoms with E-state index in [1.807, 2.05) is 37.6 Å². The van der Waals surface area contributed by atoms with Crippen molar-refractivity contribution >= 4 is 35.0 Å². The normalized spacial score (nSPS) is 10.6. The first-order chi connectivity index (χ1) is 9.47. The number of halogens is 1. The highest BCUT2D eigenvalue weighted by atomic mass is 35.5. The SMILES string of the molecule is Cc1ccc(Cl)c(NC(=O)CSc2nnc(C)n2C)c1. The molecule has 0 aliphatic heterocycles. The van der Waals surface area contributed by atoms with Gasteiger partial charge in [-0.25, -0.2) is 0 Å². The standard InChI is InChI=1S/C13H15ClN4OS/c1-8-4-5-10(14)11(6-8)15-12(19)7-20-13-17-16-9(2)18(13)3/h4-6H,7H2,1-3H3,(H,15,19). The van der Waals surface area contributed by atoms with Crippen LogP contribution in [0, 0.1) is 13.8 Å². The Kier molecular flexibility index (Phi) is 4.67. The average Bonchev–Trinajstić information content (AvgIpc) is 2.72. The van der Waals surface area contributed by atoms with Crippen molar-refractivity contribution < 1.29 is 4.79 Å². The van der Waals surface area contributed by atoms with E-state index < -0.39 is 0 Å². The van der Waals surface area contributed by atoms with Crippen molar-refractivity contribution in [2.45, 2.75) is 19.0 Å². The molecule has 0 aliphatic rings. The number of rotatable bonds is 4. The number of nitrogens with one attached hydrogen (secondary N) is 1. The summed E-state index contributed by atoms with van der Waals surface area (Å²) >= 11 is 7.38. The summed E-state index contributed by atoms with van der Waals surface area (Å²) in [6, 6.07) is 5.51. The van der Waals surface area contributed by atoms with Crippen LogP contribution >= 0.6 is 23.4 Å². The van der Waals surface area contributed by atoms with Crippen molar-refractivity contribution in [3.05, 3.63) is 34.6 Å². The van der Waals surface area contributed by atoms with Crippen molar-refractivity contribution in [1.82, 2.24) is 14.8 Å². The maximum Gasteiger partial charge on any atom is 0.234 e. The number of hydrogen-bond donors (Lipinski definition) is 1. The molecule has 1 aromatic carbocycles. The number of anilines is 1. The lowest BCUT2D eigenvalue weighted by molar-refractivity contribution is -0.113. The van der Waals surface area contributed by atoms with Crippen molar-refractivity contribution in [1.29, 1.82) is 0 Å². The predicted octanol–water partition coefficient (Wildman–Crippen LogP) is 2.82. The number of benzene rings is 1. The van der Waals surface area contributed by atoms with Gasteiger partial charge in [0.25, 0.3) is 0 Å². The van der Waals surface area contributed by atoms with Crippen molar-refractivity contribution in [2.75, 3.05) is 11.1 Å². The zero-order chi connectivity index (χ0) is 14.7. The van der Waals surface area contributed by atoms with Gasteiger partial charge in [0.15, 0.2) is 5.16 Å². The number of carbonyl (C=O) groups excluding carboxylic acids is 1. The Morgan fingerprint density at radius 2 is 2.15 bits per heavy atom. The lowest BCUT2D eigenvalue weighted by Crippen LogP contribution is -2.15. The number of hydrogen-bond acceptors (Lipinski definition) is 4. The van der Waals surface area contributed by atoms with Gasteiger partial charge >= 0.3 is 0 Å². The highest BCUT2D eigenvalue weighted by molar-refractivity contribution is 7.99. The highest BCUT2D eigenvalue weighted by Gasteiger charge is 2.10. The van der Waals surface area contributed by atoms with Crippen LogP contribution in [0.2, 0.25) is 5.02 Å². The molecule has 1 N–H and O–H groups in total. The van der Waals surface area contributed by atoms with E-state index in [2.05, 4.69) is 15.5 Å².